The molecule has 0 radical (unpaired) electrons. The van der Waals surface area contributed by atoms with Crippen molar-refractivity contribution < 1.29 is 27.4 Å². The van der Waals surface area contributed by atoms with Crippen LogP contribution in [0.5, 0.6) is 11.8 Å². The van der Waals surface area contributed by atoms with E-state index in [1.807, 2.05) is 0 Å². The van der Waals surface area contributed by atoms with Crippen LogP contribution in [0, 0.1) is 23.1 Å². The smallest absolute Gasteiger partial charge is 0.319 e. The van der Waals surface area contributed by atoms with Gasteiger partial charge in [0.15, 0.2) is 12.6 Å². The summed E-state index contributed by atoms with van der Waals surface area (Å²) in [6.07, 6.45) is 5.95. The van der Waals surface area contributed by atoms with Crippen LogP contribution in [0.2, 0.25) is 16.6 Å². The Balaban J connectivity index is 1.40. The molecule has 2 aromatic carbocycles. The molecule has 2 atom stereocenters. The van der Waals surface area contributed by atoms with Gasteiger partial charge in [0.25, 0.3) is 0 Å². The fraction of sp³-hybridized carbons (Fsp3) is 0.578. The number of alkyl halides is 1. The summed E-state index contributed by atoms with van der Waals surface area (Å²) in [7, 11) is 3.37. The van der Waals surface area contributed by atoms with Gasteiger partial charge in [-0.15, -0.1) is 5.54 Å². The topological polar surface area (TPSA) is 84.9 Å². The molecule has 312 valence electrons. The van der Waals surface area contributed by atoms with Crippen molar-refractivity contribution in [3.05, 3.63) is 47.7 Å². The number of likely N-dealkylation sites (N-methyl/N-ethyl adjacent to an activating group) is 1. The third-order valence-electron chi connectivity index (χ3n) is 13.6. The van der Waals surface area contributed by atoms with Crippen molar-refractivity contribution in [1.82, 2.24) is 24.8 Å². The van der Waals surface area contributed by atoms with Gasteiger partial charge in [-0.25, -0.2) is 13.2 Å². The van der Waals surface area contributed by atoms with Gasteiger partial charge in [0, 0.05) is 49.3 Å². The first-order chi connectivity index (χ1) is 27.6. The monoisotopic (exact) mass is 816 g/mol. The molecule has 2 aliphatic heterocycles. The summed E-state index contributed by atoms with van der Waals surface area (Å²) in [5.74, 6) is 2.93. The van der Waals surface area contributed by atoms with Crippen molar-refractivity contribution in [3.8, 4) is 34.5 Å². The Kier molecular flexibility index (Phi) is 12.1. The van der Waals surface area contributed by atoms with E-state index >= 15 is 8.78 Å². The molecule has 1 N–H and O–H groups in total. The molecule has 13 heteroatoms. The van der Waals surface area contributed by atoms with E-state index in [9.17, 15) is 4.39 Å². The van der Waals surface area contributed by atoms with E-state index in [0.29, 0.717) is 69.4 Å². The summed E-state index contributed by atoms with van der Waals surface area (Å²) < 4.78 is 65.9. The predicted octanol–water partition coefficient (Wildman–Crippen LogP) is 9.53. The maximum absolute atomic E-state index is 17.5. The molecule has 0 unspecified atom stereocenters. The molecular weight excluding hydrogens is 758 g/mol. The molecule has 4 heterocycles. The third-order valence-corrected chi connectivity index (χ3v) is 19.9. The fourth-order valence-electron chi connectivity index (χ4n) is 10.2. The van der Waals surface area contributed by atoms with Crippen LogP contribution in [0.4, 0.5) is 19.0 Å². The van der Waals surface area contributed by atoms with Crippen LogP contribution in [0.3, 0.4) is 0 Å². The molecular formula is C45H59F3N6O3Si. The van der Waals surface area contributed by atoms with Crippen LogP contribution in [0.25, 0.3) is 32.9 Å². The molecule has 7 rings (SSSR count). The summed E-state index contributed by atoms with van der Waals surface area (Å²) in [5.41, 5.74) is 4.61. The third kappa shape index (κ3) is 7.54. The Bertz CT molecular complexity index is 2200. The molecule has 0 amide bonds. The maximum atomic E-state index is 17.5. The zero-order valence-electron chi connectivity index (χ0n) is 35.6. The second kappa shape index (κ2) is 16.6. The molecule has 2 aromatic heterocycles. The molecule has 3 fully saturated rings. The average molecular weight is 817 g/mol. The lowest BCUT2D eigenvalue weighted by atomic mass is 9.75. The predicted molar refractivity (Wildman–Crippen MR) is 228 cm³/mol. The standard InChI is InChI=1S/C45H59F3N6O3Si/c1-28(2)58(29(3)4,30(5)6)19-14-34-37(47)13-12-31-20-33(57-27-55-9)21-35(38(31)34)40-39(48)41-36(23-49-40)42(50-25-44(53(7)8)15-10-16-44)52-43(51-41)56-26-45-17-11-18-54(45)24-32(46)22-45/h12-13,20-21,23,28-30,32H,10-11,15-18,22,24-27H2,1-9H3,(H,50,51,52)/t32-,45+/m1/s1. The maximum Gasteiger partial charge on any atom is 0.319 e. The molecule has 9 nitrogen and oxygen atoms in total. The van der Waals surface area contributed by atoms with Crippen LogP contribution in [0.15, 0.2) is 30.5 Å². The number of nitrogens with zero attached hydrogens (tertiary/aromatic N) is 5. The Hall–Kier alpha value is -3.96. The molecule has 0 spiro atoms. The largest absolute Gasteiger partial charge is 0.468 e. The van der Waals surface area contributed by atoms with Crippen molar-refractivity contribution in [1.29, 1.82) is 0 Å². The molecule has 3 aliphatic rings. The zero-order valence-corrected chi connectivity index (χ0v) is 36.6. The van der Waals surface area contributed by atoms with Gasteiger partial charge in [0.1, 0.15) is 49.4 Å². The minimum atomic E-state index is -2.29. The van der Waals surface area contributed by atoms with Crippen LogP contribution in [-0.4, -0.2) is 104 Å². The number of hydrogen-bond acceptors (Lipinski definition) is 9. The number of fused-ring (bicyclic) bond motifs is 3. The lowest BCUT2D eigenvalue weighted by molar-refractivity contribution is 0.0512. The van der Waals surface area contributed by atoms with E-state index in [2.05, 4.69) is 87.2 Å². The number of pyridine rings is 1. The first-order valence-corrected chi connectivity index (χ1v) is 23.1. The average Bonchev–Trinajstić information content (AvgIpc) is 3.68. The Morgan fingerprint density at radius 1 is 1.00 bits per heavy atom. The molecule has 0 bridgehead atoms. The van der Waals surface area contributed by atoms with Gasteiger partial charge < -0.3 is 24.4 Å². The van der Waals surface area contributed by atoms with Gasteiger partial charge in [-0.05, 0) is 93.0 Å². The lowest BCUT2D eigenvalue weighted by Gasteiger charge is -2.47. The molecule has 1 aliphatic carbocycles. The highest BCUT2D eigenvalue weighted by molar-refractivity contribution is 6.90. The zero-order chi connectivity index (χ0) is 41.6. The summed E-state index contributed by atoms with van der Waals surface area (Å²) in [4.78, 5) is 18.6. The van der Waals surface area contributed by atoms with E-state index in [4.69, 9.17) is 24.2 Å². The van der Waals surface area contributed by atoms with E-state index in [-0.39, 0.29) is 41.7 Å². The summed E-state index contributed by atoms with van der Waals surface area (Å²) >= 11 is 0. The minimum absolute atomic E-state index is 0.000845. The number of nitrogens with one attached hydrogen (secondary N) is 1. The number of aromatic nitrogens is 3. The van der Waals surface area contributed by atoms with Crippen molar-refractivity contribution in [2.24, 2.45) is 0 Å². The second-order valence-electron chi connectivity index (χ2n) is 17.9. The first-order valence-electron chi connectivity index (χ1n) is 20.9. The number of benzene rings is 2. The van der Waals surface area contributed by atoms with Gasteiger partial charge in [-0.3, -0.25) is 9.88 Å². The first kappa shape index (κ1) is 42.2. The van der Waals surface area contributed by atoms with Crippen molar-refractivity contribution in [2.45, 2.75) is 114 Å². The van der Waals surface area contributed by atoms with Gasteiger partial charge in [0.2, 0.25) is 0 Å². The SMILES string of the molecule is COCOc1cc(-c2ncc3c(NCC4(N(C)C)CCC4)nc(OC[C@@]45CCCN4C[C@H](F)C5)nc3c2F)c2c(C#C[Si](C(C)C)(C(C)C)C(C)C)c(F)ccc2c1. The molecule has 58 heavy (non-hydrogen) atoms. The second-order valence-corrected chi connectivity index (χ2v) is 23.5. The molecule has 4 aromatic rings. The van der Waals surface area contributed by atoms with E-state index in [1.165, 1.54) is 13.2 Å². The van der Waals surface area contributed by atoms with Crippen LogP contribution in [-0.2, 0) is 4.74 Å². The number of rotatable bonds is 14. The Morgan fingerprint density at radius 3 is 2.40 bits per heavy atom. The summed E-state index contributed by atoms with van der Waals surface area (Å²) in [6.45, 7) is 15.2. The molecule has 1 saturated carbocycles. The van der Waals surface area contributed by atoms with Gasteiger partial charge >= 0.3 is 6.01 Å². The Labute approximate surface area is 342 Å². The minimum Gasteiger partial charge on any atom is -0.468 e. The number of methoxy groups -OCH3 is 1. The van der Waals surface area contributed by atoms with Gasteiger partial charge in [-0.2, -0.15) is 9.97 Å². The lowest BCUT2D eigenvalue weighted by Crippen LogP contribution is -2.54. The van der Waals surface area contributed by atoms with Crippen LogP contribution >= 0.6 is 0 Å². The van der Waals surface area contributed by atoms with E-state index < -0.39 is 31.4 Å². The van der Waals surface area contributed by atoms with E-state index in [1.54, 1.807) is 24.4 Å². The number of halogens is 3. The quantitative estimate of drug-likeness (QED) is 0.0761. The highest BCUT2D eigenvalue weighted by Gasteiger charge is 2.49. The van der Waals surface area contributed by atoms with Gasteiger partial charge in [-0.1, -0.05) is 53.5 Å². The fourth-order valence-corrected chi connectivity index (χ4v) is 15.4. The van der Waals surface area contributed by atoms with Crippen LogP contribution < -0.4 is 14.8 Å². The van der Waals surface area contributed by atoms with Crippen molar-refractivity contribution in [2.75, 3.05) is 59.6 Å². The van der Waals surface area contributed by atoms with Gasteiger partial charge in [0.05, 0.1) is 16.5 Å². The number of anilines is 1. The van der Waals surface area contributed by atoms with Crippen LogP contribution in [0.1, 0.15) is 85.6 Å². The number of hydrogen-bond donors (Lipinski definition) is 1. The Morgan fingerprint density at radius 2 is 1.74 bits per heavy atom. The molecule has 2 saturated heterocycles. The van der Waals surface area contributed by atoms with Crippen molar-refractivity contribution >= 4 is 35.6 Å². The van der Waals surface area contributed by atoms with Crippen molar-refractivity contribution in [3.63, 3.8) is 0 Å². The highest BCUT2D eigenvalue weighted by atomic mass is 28.3. The normalized spacial score (nSPS) is 20.6. The summed E-state index contributed by atoms with van der Waals surface area (Å²) in [6, 6.07) is 6.51. The number of ether oxygens (including phenoxy) is 3. The summed E-state index contributed by atoms with van der Waals surface area (Å²) in [5, 5.41) is 4.95. The highest BCUT2D eigenvalue weighted by Crippen LogP contribution is 2.44. The van der Waals surface area contributed by atoms with E-state index in [0.717, 1.165) is 38.6 Å².